The van der Waals surface area contributed by atoms with Crippen molar-refractivity contribution in [1.29, 1.82) is 0 Å². The highest BCUT2D eigenvalue weighted by Crippen LogP contribution is 2.26. The first-order chi connectivity index (χ1) is 11.8. The zero-order valence-corrected chi connectivity index (χ0v) is 16.0. The molecule has 5 nitrogen and oxygen atoms in total. The predicted molar refractivity (Wildman–Crippen MR) is 102 cm³/mol. The summed E-state index contributed by atoms with van der Waals surface area (Å²) in [6.07, 6.45) is 9.09. The molecule has 0 radical (unpaired) electrons. The summed E-state index contributed by atoms with van der Waals surface area (Å²) in [5, 5.41) is 4.86. The first kappa shape index (κ1) is 17.8. The van der Waals surface area contributed by atoms with Crippen molar-refractivity contribution in [1.82, 2.24) is 24.6 Å². The molecule has 1 aliphatic rings. The Labute approximate surface area is 152 Å². The fourth-order valence-corrected chi connectivity index (χ4v) is 4.11. The van der Waals surface area contributed by atoms with Gasteiger partial charge in [0.15, 0.2) is 5.82 Å². The molecule has 0 N–H and O–H groups in total. The van der Waals surface area contributed by atoms with Crippen LogP contribution in [-0.4, -0.2) is 56.8 Å². The van der Waals surface area contributed by atoms with Crippen molar-refractivity contribution in [2.24, 2.45) is 0 Å². The number of piperidine rings is 1. The van der Waals surface area contributed by atoms with Gasteiger partial charge in [0.2, 0.25) is 0 Å². The highest BCUT2D eigenvalue weighted by atomic mass is 32.2. The van der Waals surface area contributed by atoms with E-state index in [2.05, 4.69) is 40.0 Å². The fraction of sp³-hybridized carbons (Fsp3) is 0.588. The Morgan fingerprint density at radius 1 is 1.21 bits per heavy atom. The van der Waals surface area contributed by atoms with Crippen LogP contribution < -0.4 is 0 Å². The van der Waals surface area contributed by atoms with Crippen molar-refractivity contribution in [3.8, 4) is 0 Å². The van der Waals surface area contributed by atoms with Gasteiger partial charge in [0.05, 0.1) is 11.8 Å². The lowest BCUT2D eigenvalue weighted by molar-refractivity contribution is 0.210. The van der Waals surface area contributed by atoms with E-state index >= 15 is 0 Å². The van der Waals surface area contributed by atoms with Crippen LogP contribution in [0.3, 0.4) is 0 Å². The van der Waals surface area contributed by atoms with E-state index in [4.69, 9.17) is 10.1 Å². The number of hydrogen-bond donors (Lipinski definition) is 0. The van der Waals surface area contributed by atoms with Crippen molar-refractivity contribution < 1.29 is 0 Å². The van der Waals surface area contributed by atoms with Crippen LogP contribution in [0.15, 0.2) is 29.4 Å². The SMILES string of the molecule is CSCCc1nc(CSc2ccncc2)n(C2CCN(C)CC2)n1. The topological polar surface area (TPSA) is 46.8 Å². The molecule has 3 heterocycles. The van der Waals surface area contributed by atoms with Crippen LogP contribution in [0.2, 0.25) is 0 Å². The van der Waals surface area contributed by atoms with Gasteiger partial charge in [-0.2, -0.15) is 16.9 Å². The molecular formula is C17H25N5S2. The zero-order valence-electron chi connectivity index (χ0n) is 14.4. The third-order valence-corrected chi connectivity index (χ3v) is 5.95. The number of pyridine rings is 1. The van der Waals surface area contributed by atoms with Gasteiger partial charge in [0, 0.05) is 29.5 Å². The second-order valence-corrected chi connectivity index (χ2v) is 8.17. The van der Waals surface area contributed by atoms with Crippen LogP contribution in [0, 0.1) is 0 Å². The maximum atomic E-state index is 4.86. The standard InChI is InChI=1S/C17H25N5S2/c1-21-10-5-14(6-11-21)22-17(19-16(20-22)7-12-23-2)13-24-15-3-8-18-9-4-15/h3-4,8-9,14H,5-7,10-13H2,1-2H3. The van der Waals surface area contributed by atoms with Crippen LogP contribution in [0.5, 0.6) is 0 Å². The molecule has 0 amide bonds. The molecule has 2 aromatic rings. The lowest BCUT2D eigenvalue weighted by Gasteiger charge is -2.29. The first-order valence-corrected chi connectivity index (χ1v) is 10.8. The minimum atomic E-state index is 0.491. The van der Waals surface area contributed by atoms with Crippen LogP contribution >= 0.6 is 23.5 Å². The smallest absolute Gasteiger partial charge is 0.151 e. The van der Waals surface area contributed by atoms with Crippen LogP contribution in [-0.2, 0) is 12.2 Å². The molecule has 0 bridgehead atoms. The molecule has 0 aromatic carbocycles. The number of aromatic nitrogens is 4. The lowest BCUT2D eigenvalue weighted by atomic mass is 10.1. The molecule has 130 valence electrons. The summed E-state index contributed by atoms with van der Waals surface area (Å²) in [6, 6.07) is 4.59. The Bertz CT molecular complexity index is 623. The van der Waals surface area contributed by atoms with E-state index < -0.39 is 0 Å². The molecule has 1 saturated heterocycles. The van der Waals surface area contributed by atoms with E-state index in [0.29, 0.717) is 6.04 Å². The lowest BCUT2D eigenvalue weighted by Crippen LogP contribution is -2.32. The summed E-state index contributed by atoms with van der Waals surface area (Å²) in [5.41, 5.74) is 0. The molecule has 0 spiro atoms. The summed E-state index contributed by atoms with van der Waals surface area (Å²) < 4.78 is 2.22. The molecule has 0 atom stereocenters. The summed E-state index contributed by atoms with van der Waals surface area (Å²) in [6.45, 7) is 2.28. The largest absolute Gasteiger partial charge is 0.306 e. The zero-order chi connectivity index (χ0) is 16.8. The number of hydrogen-bond acceptors (Lipinski definition) is 6. The van der Waals surface area contributed by atoms with Crippen molar-refractivity contribution in [3.63, 3.8) is 0 Å². The molecule has 0 aliphatic carbocycles. The molecule has 0 saturated carbocycles. The molecule has 1 fully saturated rings. The van der Waals surface area contributed by atoms with Gasteiger partial charge in [-0.25, -0.2) is 9.67 Å². The Morgan fingerprint density at radius 3 is 2.67 bits per heavy atom. The summed E-state index contributed by atoms with van der Waals surface area (Å²) in [4.78, 5) is 12.6. The number of nitrogens with zero attached hydrogens (tertiary/aromatic N) is 5. The Morgan fingerprint density at radius 2 is 1.96 bits per heavy atom. The quantitative estimate of drug-likeness (QED) is 0.704. The number of rotatable bonds is 7. The van der Waals surface area contributed by atoms with Gasteiger partial charge >= 0.3 is 0 Å². The third kappa shape index (κ3) is 4.74. The van der Waals surface area contributed by atoms with Crippen LogP contribution in [0.25, 0.3) is 0 Å². The molecule has 3 rings (SSSR count). The minimum absolute atomic E-state index is 0.491. The number of aryl methyl sites for hydroxylation is 1. The second kappa shape index (κ2) is 8.87. The second-order valence-electron chi connectivity index (χ2n) is 6.14. The Hall–Kier alpha value is -1.05. The summed E-state index contributed by atoms with van der Waals surface area (Å²) in [5.74, 6) is 4.05. The number of thioether (sulfide) groups is 2. The molecule has 24 heavy (non-hydrogen) atoms. The van der Waals surface area contributed by atoms with E-state index in [1.54, 1.807) is 0 Å². The van der Waals surface area contributed by atoms with E-state index in [9.17, 15) is 0 Å². The average Bonchev–Trinajstić information content (AvgIpc) is 3.03. The van der Waals surface area contributed by atoms with Gasteiger partial charge in [-0.3, -0.25) is 4.98 Å². The highest BCUT2D eigenvalue weighted by Gasteiger charge is 2.22. The van der Waals surface area contributed by atoms with E-state index in [0.717, 1.165) is 55.5 Å². The molecule has 7 heteroatoms. The molecule has 0 unspecified atom stereocenters. The predicted octanol–water partition coefficient (Wildman–Crippen LogP) is 3.14. The van der Waals surface area contributed by atoms with E-state index in [1.807, 2.05) is 35.9 Å². The van der Waals surface area contributed by atoms with Crippen molar-refractivity contribution in [2.75, 3.05) is 32.1 Å². The Kier molecular flexibility index (Phi) is 6.57. The highest BCUT2D eigenvalue weighted by molar-refractivity contribution is 7.98. The molecule has 1 aliphatic heterocycles. The number of likely N-dealkylation sites (tertiary alicyclic amines) is 1. The van der Waals surface area contributed by atoms with Gasteiger partial charge in [0.1, 0.15) is 5.82 Å². The van der Waals surface area contributed by atoms with Gasteiger partial charge in [0.25, 0.3) is 0 Å². The normalized spacial score (nSPS) is 16.6. The fourth-order valence-electron chi connectivity index (χ4n) is 2.92. The van der Waals surface area contributed by atoms with Gasteiger partial charge < -0.3 is 4.90 Å². The third-order valence-electron chi connectivity index (χ3n) is 4.33. The van der Waals surface area contributed by atoms with Crippen molar-refractivity contribution in [3.05, 3.63) is 36.2 Å². The maximum absolute atomic E-state index is 4.86. The van der Waals surface area contributed by atoms with Gasteiger partial charge in [-0.15, -0.1) is 11.8 Å². The monoisotopic (exact) mass is 363 g/mol. The summed E-state index contributed by atoms with van der Waals surface area (Å²) >= 11 is 3.66. The first-order valence-electron chi connectivity index (χ1n) is 8.41. The van der Waals surface area contributed by atoms with E-state index in [1.165, 1.54) is 4.90 Å². The maximum Gasteiger partial charge on any atom is 0.151 e. The Balaban J connectivity index is 1.73. The van der Waals surface area contributed by atoms with Gasteiger partial charge in [-0.05, 0) is 51.4 Å². The molecule has 2 aromatic heterocycles. The minimum Gasteiger partial charge on any atom is -0.306 e. The van der Waals surface area contributed by atoms with Crippen LogP contribution in [0.1, 0.15) is 30.5 Å². The van der Waals surface area contributed by atoms with Gasteiger partial charge in [-0.1, -0.05) is 0 Å². The van der Waals surface area contributed by atoms with Crippen molar-refractivity contribution >= 4 is 23.5 Å². The van der Waals surface area contributed by atoms with Crippen molar-refractivity contribution in [2.45, 2.75) is 36.0 Å². The molecular weight excluding hydrogens is 338 g/mol. The average molecular weight is 364 g/mol. The van der Waals surface area contributed by atoms with E-state index in [-0.39, 0.29) is 0 Å². The summed E-state index contributed by atoms with van der Waals surface area (Å²) in [7, 11) is 2.20. The van der Waals surface area contributed by atoms with Crippen LogP contribution in [0.4, 0.5) is 0 Å².